The molecule has 0 saturated heterocycles. The van der Waals surface area contributed by atoms with E-state index in [1.165, 1.54) is 129 Å². The second-order valence-corrected chi connectivity index (χ2v) is 20.0. The van der Waals surface area contributed by atoms with Gasteiger partial charge in [0.25, 0.3) is 5.56 Å². The fourth-order valence-electron chi connectivity index (χ4n) is 10.8. The Morgan fingerprint density at radius 3 is 1.98 bits per heavy atom. The van der Waals surface area contributed by atoms with Crippen molar-refractivity contribution in [1.29, 1.82) is 0 Å². The molecule has 2 aromatic carbocycles. The molecule has 6 nitrogen and oxygen atoms in total. The molecule has 7 heteroatoms. The first kappa shape index (κ1) is 47.5. The first-order chi connectivity index (χ1) is 29.9. The predicted octanol–water partition coefficient (Wildman–Crippen LogP) is 14.1. The number of nitrogens with zero attached hydrogens (tertiary/aromatic N) is 4. The average molecular weight is 860 g/mol. The minimum atomic E-state index is -0.248. The maximum absolute atomic E-state index is 14.3. The number of anilines is 1. The van der Waals surface area contributed by atoms with Crippen molar-refractivity contribution in [3.63, 3.8) is 0 Å². The first-order valence-corrected chi connectivity index (χ1v) is 25.0. The minimum absolute atomic E-state index is 0.0497. The Hall–Kier alpha value is -3.97. The molecular weight excluding hydrogens is 781 g/mol. The van der Waals surface area contributed by atoms with Gasteiger partial charge in [0.05, 0.1) is 5.41 Å². The Balaban J connectivity index is 1.34. The van der Waals surface area contributed by atoms with Gasteiger partial charge in [-0.05, 0) is 86.5 Å². The molecule has 336 valence electrons. The summed E-state index contributed by atoms with van der Waals surface area (Å²) in [5, 5.41) is 11.8. The molecule has 0 amide bonds. The van der Waals surface area contributed by atoms with Crippen molar-refractivity contribution < 1.29 is 9.68 Å². The number of hydrogen-bond donors (Lipinski definition) is 1. The molecular formula is C55H79N4O2S+. The molecule has 62 heavy (non-hydrogen) atoms. The van der Waals surface area contributed by atoms with Crippen LogP contribution in [-0.4, -0.2) is 43.7 Å². The Morgan fingerprint density at radius 1 is 0.742 bits per heavy atom. The van der Waals surface area contributed by atoms with E-state index in [-0.39, 0.29) is 28.3 Å². The van der Waals surface area contributed by atoms with Gasteiger partial charge in [0.1, 0.15) is 12.1 Å². The minimum Gasteiger partial charge on any atom is -0.494 e. The van der Waals surface area contributed by atoms with Crippen LogP contribution in [0, 0.1) is 4.77 Å². The fraction of sp³-hybridized carbons (Fsp3) is 0.582. The van der Waals surface area contributed by atoms with Crippen molar-refractivity contribution in [2.75, 3.05) is 18.0 Å². The Bertz CT molecular complexity index is 2270. The summed E-state index contributed by atoms with van der Waals surface area (Å²) in [5.74, 6) is -0.0608. The van der Waals surface area contributed by atoms with Crippen molar-refractivity contribution in [3.05, 3.63) is 110 Å². The van der Waals surface area contributed by atoms with Gasteiger partial charge in [-0.3, -0.25) is 13.9 Å². The highest BCUT2D eigenvalue weighted by atomic mass is 32.1. The number of allylic oxidation sites excluding steroid dienone is 5. The second kappa shape index (κ2) is 21.6. The zero-order valence-corrected chi connectivity index (χ0v) is 40.6. The molecule has 1 aliphatic carbocycles. The lowest BCUT2D eigenvalue weighted by molar-refractivity contribution is -0.438. The van der Waals surface area contributed by atoms with E-state index in [1.54, 1.807) is 18.7 Å². The maximum atomic E-state index is 14.3. The standard InChI is InChI=1S/C55H78N4O2S/c1-9-11-13-15-17-19-21-27-39-58-45-31-25-23-29-43(45)54(3,4)47(58)37-35-41-33-34-42(49(41)50-51(60)56(7)53(62)57(8)52(50)61)36-38-48-55(5,6)44-30-24-26-32-46(44)59(48)40-28-22-20-18-16-14-12-10-2/h23-26,29-32,35-37,48H,9-22,27-28,33-34,38-40H2,1-8H3/p+1/b42-36+. The normalized spacial score (nSPS) is 18.5. The maximum Gasteiger partial charge on any atom is 0.265 e. The van der Waals surface area contributed by atoms with Crippen molar-refractivity contribution in [3.8, 4) is 5.88 Å². The number of hydrogen-bond acceptors (Lipinski definition) is 4. The molecule has 1 N–H and O–H groups in total. The van der Waals surface area contributed by atoms with Crippen LogP contribution >= 0.6 is 12.2 Å². The molecule has 6 rings (SSSR count). The molecule has 3 heterocycles. The summed E-state index contributed by atoms with van der Waals surface area (Å²) in [6.45, 7) is 16.1. The van der Waals surface area contributed by atoms with Crippen LogP contribution in [0.1, 0.15) is 180 Å². The summed E-state index contributed by atoms with van der Waals surface area (Å²) < 4.78 is 5.94. The largest absolute Gasteiger partial charge is 0.494 e. The second-order valence-electron chi connectivity index (χ2n) is 19.7. The molecule has 1 atom stereocenters. The quantitative estimate of drug-likeness (QED) is 0.0586. The Kier molecular flexibility index (Phi) is 16.6. The van der Waals surface area contributed by atoms with Crippen LogP contribution in [0.4, 0.5) is 11.4 Å². The van der Waals surface area contributed by atoms with Crippen LogP contribution in [0.3, 0.4) is 0 Å². The molecule has 0 spiro atoms. The molecule has 3 aromatic rings. The third kappa shape index (κ3) is 10.2. The highest BCUT2D eigenvalue weighted by molar-refractivity contribution is 7.71. The van der Waals surface area contributed by atoms with E-state index in [1.807, 2.05) is 0 Å². The molecule has 3 aliphatic rings. The van der Waals surface area contributed by atoms with Crippen LogP contribution < -0.4 is 10.5 Å². The third-order valence-electron chi connectivity index (χ3n) is 14.6. The number of unbranched alkanes of at least 4 members (excludes halogenated alkanes) is 14. The van der Waals surface area contributed by atoms with E-state index in [0.29, 0.717) is 10.3 Å². The summed E-state index contributed by atoms with van der Waals surface area (Å²) in [6.07, 6.45) is 30.3. The highest BCUT2D eigenvalue weighted by Gasteiger charge is 2.45. The molecule has 0 bridgehead atoms. The van der Waals surface area contributed by atoms with Crippen molar-refractivity contribution in [2.45, 2.75) is 180 Å². The average Bonchev–Trinajstić information content (AvgIpc) is 3.83. The summed E-state index contributed by atoms with van der Waals surface area (Å²) in [4.78, 5) is 17.0. The van der Waals surface area contributed by atoms with Gasteiger partial charge in [0.15, 0.2) is 10.5 Å². The summed E-state index contributed by atoms with van der Waals surface area (Å²) in [5.41, 5.74) is 9.72. The lowest BCUT2D eigenvalue weighted by Crippen LogP contribution is -2.41. The number of aromatic hydroxyl groups is 1. The van der Waals surface area contributed by atoms with Gasteiger partial charge in [0, 0.05) is 61.9 Å². The smallest absolute Gasteiger partial charge is 0.265 e. The fourth-order valence-corrected chi connectivity index (χ4v) is 11.0. The predicted molar refractivity (Wildman–Crippen MR) is 266 cm³/mol. The van der Waals surface area contributed by atoms with Crippen LogP contribution in [0.25, 0.3) is 5.57 Å². The van der Waals surface area contributed by atoms with Gasteiger partial charge in [-0.15, -0.1) is 0 Å². The summed E-state index contributed by atoms with van der Waals surface area (Å²) >= 11 is 5.61. The number of para-hydroxylation sites is 2. The van der Waals surface area contributed by atoms with E-state index in [0.717, 1.165) is 55.5 Å². The Morgan fingerprint density at radius 2 is 1.32 bits per heavy atom. The molecule has 0 saturated carbocycles. The van der Waals surface area contributed by atoms with Gasteiger partial charge < -0.3 is 10.0 Å². The van der Waals surface area contributed by atoms with Crippen LogP contribution in [0.2, 0.25) is 0 Å². The van der Waals surface area contributed by atoms with Crippen molar-refractivity contribution in [1.82, 2.24) is 9.13 Å². The van der Waals surface area contributed by atoms with Gasteiger partial charge in [-0.2, -0.15) is 4.58 Å². The van der Waals surface area contributed by atoms with Gasteiger partial charge in [0.2, 0.25) is 11.6 Å². The van der Waals surface area contributed by atoms with E-state index in [9.17, 15) is 9.90 Å². The zero-order chi connectivity index (χ0) is 44.4. The Labute approximate surface area is 380 Å². The summed E-state index contributed by atoms with van der Waals surface area (Å²) in [6, 6.07) is 18.2. The van der Waals surface area contributed by atoms with E-state index in [2.05, 4.69) is 118 Å². The van der Waals surface area contributed by atoms with Gasteiger partial charge in [-0.25, -0.2) is 0 Å². The first-order valence-electron chi connectivity index (χ1n) is 24.6. The number of rotatable bonds is 23. The SMILES string of the molecule is CCCCCCCCCCN1c2ccccc2C(C)(C)C1C/C=C1\CCC(/C=C/C2=[N+](CCCCCCCCCC)c3ccccc3C2(C)C)=C1c1c(O)n(C)c(=S)n(C)c1=O. The van der Waals surface area contributed by atoms with Crippen LogP contribution in [-0.2, 0) is 24.9 Å². The number of aromatic nitrogens is 2. The van der Waals surface area contributed by atoms with E-state index in [4.69, 9.17) is 12.2 Å². The molecule has 1 unspecified atom stereocenters. The van der Waals surface area contributed by atoms with Crippen LogP contribution in [0.15, 0.2) is 82.7 Å². The summed E-state index contributed by atoms with van der Waals surface area (Å²) in [7, 11) is 3.48. The molecule has 1 aromatic heterocycles. The number of fused-ring (bicyclic) bond motifs is 2. The van der Waals surface area contributed by atoms with E-state index < -0.39 is 0 Å². The van der Waals surface area contributed by atoms with Gasteiger partial charge in [-0.1, -0.05) is 160 Å². The van der Waals surface area contributed by atoms with Crippen molar-refractivity contribution >= 4 is 34.9 Å². The topological polar surface area (TPSA) is 53.4 Å². The number of benzene rings is 2. The molecule has 0 radical (unpaired) electrons. The zero-order valence-electron chi connectivity index (χ0n) is 39.8. The van der Waals surface area contributed by atoms with E-state index >= 15 is 0 Å². The lowest BCUT2D eigenvalue weighted by Gasteiger charge is -2.34. The monoisotopic (exact) mass is 860 g/mol. The highest BCUT2D eigenvalue weighted by Crippen LogP contribution is 2.48. The van der Waals surface area contributed by atoms with Gasteiger partial charge >= 0.3 is 0 Å². The molecule has 0 fully saturated rings. The lowest BCUT2D eigenvalue weighted by atomic mass is 9.78. The van der Waals surface area contributed by atoms with Crippen LogP contribution in [0.5, 0.6) is 5.88 Å². The van der Waals surface area contributed by atoms with Crippen molar-refractivity contribution in [2.24, 2.45) is 14.1 Å². The third-order valence-corrected chi connectivity index (χ3v) is 15.2. The molecule has 2 aliphatic heterocycles.